The molecule has 0 aromatic heterocycles. The van der Waals surface area contributed by atoms with Gasteiger partial charge in [-0.3, -0.25) is 0 Å². The predicted octanol–water partition coefficient (Wildman–Crippen LogP) is 2.16. The van der Waals surface area contributed by atoms with Crippen LogP contribution in [-0.4, -0.2) is 44.7 Å². The van der Waals surface area contributed by atoms with Crippen LogP contribution in [0.25, 0.3) is 0 Å². The molecular formula is C18H20N2O4S2. The van der Waals surface area contributed by atoms with E-state index in [-0.39, 0.29) is 10.6 Å². The van der Waals surface area contributed by atoms with Crippen LogP contribution in [0.2, 0.25) is 0 Å². The van der Waals surface area contributed by atoms with Crippen LogP contribution in [0.5, 0.6) is 5.75 Å². The highest BCUT2D eigenvalue weighted by Gasteiger charge is 2.16. The molecule has 0 radical (unpaired) electrons. The van der Waals surface area contributed by atoms with Crippen LogP contribution in [0.4, 0.5) is 0 Å². The first-order valence-corrected chi connectivity index (χ1v) is 10.1. The molecule has 1 N–H and O–H groups in total. The van der Waals surface area contributed by atoms with Gasteiger partial charge in [-0.2, -0.15) is 8.42 Å². The summed E-state index contributed by atoms with van der Waals surface area (Å²) in [6.45, 7) is 3.79. The minimum atomic E-state index is -3.83. The van der Waals surface area contributed by atoms with Gasteiger partial charge in [0.15, 0.2) is 0 Å². The maximum absolute atomic E-state index is 12.2. The lowest BCUT2D eigenvalue weighted by molar-refractivity contribution is 0.220. The lowest BCUT2D eigenvalue weighted by Gasteiger charge is -2.28. The third-order valence-electron chi connectivity index (χ3n) is 3.90. The Kier molecular flexibility index (Phi) is 6.08. The van der Waals surface area contributed by atoms with Gasteiger partial charge in [-0.05, 0) is 42.0 Å². The zero-order chi connectivity index (χ0) is 18.4. The molecule has 0 atom stereocenters. The molecule has 0 amide bonds. The fourth-order valence-corrected chi connectivity index (χ4v) is 3.68. The second kappa shape index (κ2) is 8.48. The molecule has 1 aliphatic rings. The number of nitrogens with zero attached hydrogens (tertiary/aromatic N) is 1. The SMILES string of the molecule is O=S(=O)(Oc1ccc(COC(=S)N2CCNCC2)cc1)c1ccccc1. The van der Waals surface area contributed by atoms with Crippen LogP contribution < -0.4 is 9.50 Å². The Labute approximate surface area is 158 Å². The summed E-state index contributed by atoms with van der Waals surface area (Å²) in [5.74, 6) is 0.252. The van der Waals surface area contributed by atoms with Crippen molar-refractivity contribution in [2.24, 2.45) is 0 Å². The maximum atomic E-state index is 12.2. The Morgan fingerprint density at radius 3 is 2.35 bits per heavy atom. The van der Waals surface area contributed by atoms with Crippen molar-refractivity contribution in [2.75, 3.05) is 26.2 Å². The number of rotatable bonds is 5. The summed E-state index contributed by atoms with van der Waals surface area (Å²) in [6.07, 6.45) is 0. The van der Waals surface area contributed by atoms with Crippen LogP contribution in [0.1, 0.15) is 5.56 Å². The summed E-state index contributed by atoms with van der Waals surface area (Å²) in [7, 11) is -3.83. The third kappa shape index (κ3) is 4.94. The Hall–Kier alpha value is -2.16. The summed E-state index contributed by atoms with van der Waals surface area (Å²) in [4.78, 5) is 2.14. The van der Waals surface area contributed by atoms with E-state index in [9.17, 15) is 8.42 Å². The van der Waals surface area contributed by atoms with E-state index in [1.165, 1.54) is 12.1 Å². The number of nitrogens with one attached hydrogen (secondary N) is 1. The van der Waals surface area contributed by atoms with E-state index in [4.69, 9.17) is 21.1 Å². The topological polar surface area (TPSA) is 67.9 Å². The van der Waals surface area contributed by atoms with Gasteiger partial charge in [-0.1, -0.05) is 30.3 Å². The number of piperazine rings is 1. The van der Waals surface area contributed by atoms with E-state index in [1.54, 1.807) is 42.5 Å². The lowest BCUT2D eigenvalue weighted by atomic mass is 10.2. The van der Waals surface area contributed by atoms with Crippen LogP contribution in [0.3, 0.4) is 0 Å². The molecule has 0 bridgehead atoms. The molecule has 1 saturated heterocycles. The van der Waals surface area contributed by atoms with E-state index in [0.29, 0.717) is 11.8 Å². The first-order chi connectivity index (χ1) is 12.5. The van der Waals surface area contributed by atoms with Gasteiger partial charge in [0, 0.05) is 26.2 Å². The van der Waals surface area contributed by atoms with E-state index in [2.05, 4.69) is 5.32 Å². The minimum absolute atomic E-state index is 0.119. The second-order valence-electron chi connectivity index (χ2n) is 5.79. The van der Waals surface area contributed by atoms with Crippen molar-refractivity contribution in [3.63, 3.8) is 0 Å². The molecule has 0 spiro atoms. The summed E-state index contributed by atoms with van der Waals surface area (Å²) in [6, 6.07) is 14.8. The average molecular weight is 393 g/mol. The van der Waals surface area contributed by atoms with Crippen molar-refractivity contribution in [1.82, 2.24) is 10.2 Å². The van der Waals surface area contributed by atoms with Gasteiger partial charge in [-0.25, -0.2) is 0 Å². The highest BCUT2D eigenvalue weighted by atomic mass is 32.2. The van der Waals surface area contributed by atoms with Crippen molar-refractivity contribution in [1.29, 1.82) is 0 Å². The van der Waals surface area contributed by atoms with E-state index < -0.39 is 10.1 Å². The third-order valence-corrected chi connectivity index (χ3v) is 5.54. The number of benzene rings is 2. The summed E-state index contributed by atoms with van der Waals surface area (Å²) < 4.78 is 35.2. The van der Waals surface area contributed by atoms with Crippen LogP contribution in [0, 0.1) is 0 Å². The lowest BCUT2D eigenvalue weighted by Crippen LogP contribution is -2.46. The highest BCUT2D eigenvalue weighted by molar-refractivity contribution is 7.87. The molecule has 8 heteroatoms. The fraction of sp³-hybridized carbons (Fsp3) is 0.278. The van der Waals surface area contributed by atoms with Crippen LogP contribution >= 0.6 is 12.2 Å². The van der Waals surface area contributed by atoms with Gasteiger partial charge < -0.3 is 19.1 Å². The number of hydrogen-bond acceptors (Lipinski definition) is 6. The average Bonchev–Trinajstić information content (AvgIpc) is 2.68. The molecule has 138 valence electrons. The van der Waals surface area contributed by atoms with Gasteiger partial charge in [0.05, 0.1) is 0 Å². The van der Waals surface area contributed by atoms with Gasteiger partial charge in [0.25, 0.3) is 5.17 Å². The molecule has 1 heterocycles. The van der Waals surface area contributed by atoms with Crippen molar-refractivity contribution in [3.8, 4) is 5.75 Å². The molecule has 26 heavy (non-hydrogen) atoms. The molecule has 1 fully saturated rings. The van der Waals surface area contributed by atoms with Gasteiger partial charge in [0.1, 0.15) is 17.3 Å². The van der Waals surface area contributed by atoms with Crippen LogP contribution in [-0.2, 0) is 21.5 Å². The maximum Gasteiger partial charge on any atom is 0.339 e. The molecule has 1 aliphatic heterocycles. The Morgan fingerprint density at radius 2 is 1.69 bits per heavy atom. The minimum Gasteiger partial charge on any atom is -0.466 e. The van der Waals surface area contributed by atoms with E-state index in [0.717, 1.165) is 31.7 Å². The van der Waals surface area contributed by atoms with Gasteiger partial charge in [-0.15, -0.1) is 0 Å². The van der Waals surface area contributed by atoms with Crippen molar-refractivity contribution < 1.29 is 17.3 Å². The number of ether oxygens (including phenoxy) is 1. The summed E-state index contributed by atoms with van der Waals surface area (Å²) in [5, 5.41) is 3.74. The Bertz CT molecular complexity index is 833. The monoisotopic (exact) mass is 392 g/mol. The highest BCUT2D eigenvalue weighted by Crippen LogP contribution is 2.19. The predicted molar refractivity (Wildman–Crippen MR) is 103 cm³/mol. The summed E-state index contributed by atoms with van der Waals surface area (Å²) in [5.41, 5.74) is 0.881. The first-order valence-electron chi connectivity index (χ1n) is 8.25. The standard InChI is InChI=1S/C18H20N2O4S2/c21-26(22,17-4-2-1-3-5-17)24-16-8-6-15(7-9-16)14-23-18(25)20-12-10-19-11-13-20/h1-9,19H,10-14H2. The van der Waals surface area contributed by atoms with Crippen molar-refractivity contribution in [3.05, 3.63) is 60.2 Å². The molecule has 6 nitrogen and oxygen atoms in total. The van der Waals surface area contributed by atoms with Gasteiger partial charge in [0.2, 0.25) is 0 Å². The molecule has 3 rings (SSSR count). The van der Waals surface area contributed by atoms with Gasteiger partial charge >= 0.3 is 10.1 Å². The zero-order valence-corrected chi connectivity index (χ0v) is 15.8. The first kappa shape index (κ1) is 18.6. The van der Waals surface area contributed by atoms with E-state index in [1.807, 2.05) is 4.90 Å². The molecule has 2 aromatic rings. The van der Waals surface area contributed by atoms with E-state index >= 15 is 0 Å². The van der Waals surface area contributed by atoms with Crippen molar-refractivity contribution >= 4 is 27.5 Å². The normalized spacial score (nSPS) is 14.7. The fourth-order valence-electron chi connectivity index (χ4n) is 2.49. The number of hydrogen-bond donors (Lipinski definition) is 1. The second-order valence-corrected chi connectivity index (χ2v) is 7.68. The quantitative estimate of drug-likeness (QED) is 0.618. The van der Waals surface area contributed by atoms with Crippen LogP contribution in [0.15, 0.2) is 59.5 Å². The zero-order valence-electron chi connectivity index (χ0n) is 14.1. The Morgan fingerprint density at radius 1 is 1.04 bits per heavy atom. The molecule has 2 aromatic carbocycles. The Balaban J connectivity index is 1.56. The van der Waals surface area contributed by atoms with Crippen molar-refractivity contribution in [2.45, 2.75) is 11.5 Å². The molecular weight excluding hydrogens is 372 g/mol. The summed E-state index contributed by atoms with van der Waals surface area (Å²) >= 11 is 5.30. The molecule has 0 aliphatic carbocycles. The molecule has 0 saturated carbocycles. The largest absolute Gasteiger partial charge is 0.466 e. The number of thiocarbonyl (C=S) groups is 1. The molecule has 0 unspecified atom stereocenters. The smallest absolute Gasteiger partial charge is 0.339 e.